The van der Waals surface area contributed by atoms with E-state index in [1.165, 1.54) is 11.6 Å². The highest BCUT2D eigenvalue weighted by atomic mass is 32.1. The lowest BCUT2D eigenvalue weighted by molar-refractivity contribution is 0.446. The summed E-state index contributed by atoms with van der Waals surface area (Å²) in [5, 5.41) is 6.82. The van der Waals surface area contributed by atoms with Crippen LogP contribution in [0.15, 0.2) is 5.38 Å². The van der Waals surface area contributed by atoms with Gasteiger partial charge in [0.05, 0.1) is 5.69 Å². The Morgan fingerprint density at radius 2 is 2.57 bits per heavy atom. The number of thiazole rings is 1. The molecule has 0 bridgehead atoms. The number of hydrogen-bond donors (Lipinski definition) is 1. The van der Waals surface area contributed by atoms with Crippen LogP contribution in [-0.2, 0) is 0 Å². The van der Waals surface area contributed by atoms with Crippen molar-refractivity contribution in [2.45, 2.75) is 26.3 Å². The standard InChI is InChI=1S/C10H17N3S/c1-3-9-6-13(5-4-11-9)10-12-8(2)7-14-10/h7,9,11H,3-6H2,1-2H3. The Morgan fingerprint density at radius 1 is 1.71 bits per heavy atom. The second-order valence-corrected chi connectivity index (χ2v) is 4.61. The predicted molar refractivity (Wildman–Crippen MR) is 61.1 cm³/mol. The average Bonchev–Trinajstić information content (AvgIpc) is 2.65. The van der Waals surface area contributed by atoms with Crippen LogP contribution >= 0.6 is 11.3 Å². The van der Waals surface area contributed by atoms with E-state index in [4.69, 9.17) is 0 Å². The van der Waals surface area contributed by atoms with Crippen molar-refractivity contribution >= 4 is 16.5 Å². The van der Waals surface area contributed by atoms with Gasteiger partial charge in [0.2, 0.25) is 0 Å². The van der Waals surface area contributed by atoms with E-state index in [9.17, 15) is 0 Å². The molecule has 0 saturated carbocycles. The first-order valence-corrected chi connectivity index (χ1v) is 6.08. The molecule has 1 fully saturated rings. The fraction of sp³-hybridized carbons (Fsp3) is 0.700. The van der Waals surface area contributed by atoms with Gasteiger partial charge in [-0.2, -0.15) is 0 Å². The second-order valence-electron chi connectivity index (χ2n) is 3.78. The molecule has 2 heterocycles. The van der Waals surface area contributed by atoms with E-state index in [-0.39, 0.29) is 0 Å². The molecule has 1 atom stereocenters. The molecule has 1 aliphatic rings. The lowest BCUT2D eigenvalue weighted by atomic mass is 10.2. The molecule has 1 saturated heterocycles. The Kier molecular flexibility index (Phi) is 3.03. The van der Waals surface area contributed by atoms with Crippen molar-refractivity contribution in [3.05, 3.63) is 11.1 Å². The van der Waals surface area contributed by atoms with Crippen LogP contribution in [0.1, 0.15) is 19.0 Å². The summed E-state index contributed by atoms with van der Waals surface area (Å²) in [7, 11) is 0. The van der Waals surface area contributed by atoms with Crippen LogP contribution in [0.2, 0.25) is 0 Å². The molecule has 4 heteroatoms. The molecule has 1 unspecified atom stereocenters. The van der Waals surface area contributed by atoms with Crippen LogP contribution in [0.4, 0.5) is 5.13 Å². The van der Waals surface area contributed by atoms with Crippen molar-refractivity contribution in [3.63, 3.8) is 0 Å². The summed E-state index contributed by atoms with van der Waals surface area (Å²) in [6.45, 7) is 7.55. The maximum absolute atomic E-state index is 4.52. The van der Waals surface area contributed by atoms with E-state index in [1.807, 2.05) is 0 Å². The third-order valence-corrected chi connectivity index (χ3v) is 3.64. The molecule has 1 aliphatic heterocycles. The van der Waals surface area contributed by atoms with Gasteiger partial charge in [-0.15, -0.1) is 11.3 Å². The number of rotatable bonds is 2. The van der Waals surface area contributed by atoms with Crippen LogP contribution in [0.5, 0.6) is 0 Å². The summed E-state index contributed by atoms with van der Waals surface area (Å²) in [4.78, 5) is 6.91. The fourth-order valence-electron chi connectivity index (χ4n) is 1.76. The van der Waals surface area contributed by atoms with Crippen LogP contribution in [-0.4, -0.2) is 30.7 Å². The van der Waals surface area contributed by atoms with E-state index in [0.717, 1.165) is 25.3 Å². The number of nitrogens with zero attached hydrogens (tertiary/aromatic N) is 2. The van der Waals surface area contributed by atoms with Gasteiger partial charge in [-0.05, 0) is 13.3 Å². The normalized spacial score (nSPS) is 22.7. The zero-order chi connectivity index (χ0) is 9.97. The zero-order valence-electron chi connectivity index (χ0n) is 8.79. The van der Waals surface area contributed by atoms with Gasteiger partial charge in [0, 0.05) is 31.1 Å². The maximum Gasteiger partial charge on any atom is 0.185 e. The van der Waals surface area contributed by atoms with Crippen molar-refractivity contribution < 1.29 is 0 Å². The minimum absolute atomic E-state index is 0.632. The number of aromatic nitrogens is 1. The predicted octanol–water partition coefficient (Wildman–Crippen LogP) is 1.64. The van der Waals surface area contributed by atoms with Gasteiger partial charge in [-0.25, -0.2) is 4.98 Å². The first kappa shape index (κ1) is 9.93. The van der Waals surface area contributed by atoms with Crippen molar-refractivity contribution in [1.29, 1.82) is 0 Å². The van der Waals surface area contributed by atoms with Gasteiger partial charge in [0.25, 0.3) is 0 Å². The van der Waals surface area contributed by atoms with Crippen molar-refractivity contribution in [1.82, 2.24) is 10.3 Å². The Balaban J connectivity index is 2.04. The Bertz CT molecular complexity index is 297. The summed E-state index contributed by atoms with van der Waals surface area (Å²) in [5.41, 5.74) is 1.14. The highest BCUT2D eigenvalue weighted by Gasteiger charge is 2.19. The molecule has 1 aromatic heterocycles. The van der Waals surface area contributed by atoms with Crippen LogP contribution < -0.4 is 10.2 Å². The summed E-state index contributed by atoms with van der Waals surface area (Å²) in [5.74, 6) is 0. The highest BCUT2D eigenvalue weighted by molar-refractivity contribution is 7.13. The largest absolute Gasteiger partial charge is 0.345 e. The summed E-state index contributed by atoms with van der Waals surface area (Å²) in [6, 6.07) is 0.632. The van der Waals surface area contributed by atoms with Crippen molar-refractivity contribution in [3.8, 4) is 0 Å². The molecule has 2 rings (SSSR count). The molecule has 0 radical (unpaired) electrons. The Hall–Kier alpha value is -0.610. The SMILES string of the molecule is CCC1CN(c2nc(C)cs2)CCN1. The van der Waals surface area contributed by atoms with E-state index in [1.54, 1.807) is 11.3 Å². The third-order valence-electron chi connectivity index (χ3n) is 2.63. The van der Waals surface area contributed by atoms with Gasteiger partial charge in [-0.3, -0.25) is 0 Å². The van der Waals surface area contributed by atoms with Crippen molar-refractivity contribution in [2.75, 3.05) is 24.5 Å². The molecule has 0 spiro atoms. The zero-order valence-corrected chi connectivity index (χ0v) is 9.60. The molecule has 0 amide bonds. The highest BCUT2D eigenvalue weighted by Crippen LogP contribution is 2.21. The number of nitrogens with one attached hydrogen (secondary N) is 1. The first-order valence-electron chi connectivity index (χ1n) is 5.20. The summed E-state index contributed by atoms with van der Waals surface area (Å²) >= 11 is 1.76. The smallest absolute Gasteiger partial charge is 0.185 e. The van der Waals surface area contributed by atoms with Gasteiger partial charge in [-0.1, -0.05) is 6.92 Å². The minimum Gasteiger partial charge on any atom is -0.345 e. The van der Waals surface area contributed by atoms with Gasteiger partial charge in [0.1, 0.15) is 0 Å². The van der Waals surface area contributed by atoms with E-state index in [2.05, 4.69) is 34.4 Å². The molecule has 1 N–H and O–H groups in total. The number of anilines is 1. The Labute approximate surface area is 89.1 Å². The summed E-state index contributed by atoms with van der Waals surface area (Å²) < 4.78 is 0. The van der Waals surface area contributed by atoms with Gasteiger partial charge < -0.3 is 10.2 Å². The van der Waals surface area contributed by atoms with E-state index >= 15 is 0 Å². The quantitative estimate of drug-likeness (QED) is 0.806. The molecule has 3 nitrogen and oxygen atoms in total. The van der Waals surface area contributed by atoms with Crippen molar-refractivity contribution in [2.24, 2.45) is 0 Å². The molecule has 0 aromatic carbocycles. The molecule has 78 valence electrons. The molecular formula is C10H17N3S. The average molecular weight is 211 g/mol. The lowest BCUT2D eigenvalue weighted by Crippen LogP contribution is -2.50. The third kappa shape index (κ3) is 2.07. The topological polar surface area (TPSA) is 28.2 Å². The first-order chi connectivity index (χ1) is 6.79. The second kappa shape index (κ2) is 4.28. The minimum atomic E-state index is 0.632. The molecule has 0 aliphatic carbocycles. The monoisotopic (exact) mass is 211 g/mol. The number of hydrogen-bond acceptors (Lipinski definition) is 4. The number of piperazine rings is 1. The van der Waals surface area contributed by atoms with E-state index < -0.39 is 0 Å². The van der Waals surface area contributed by atoms with Gasteiger partial charge >= 0.3 is 0 Å². The Morgan fingerprint density at radius 3 is 3.21 bits per heavy atom. The maximum atomic E-state index is 4.52. The molecule has 1 aromatic rings. The number of aryl methyl sites for hydroxylation is 1. The fourth-order valence-corrected chi connectivity index (χ4v) is 2.60. The van der Waals surface area contributed by atoms with Gasteiger partial charge in [0.15, 0.2) is 5.13 Å². The molecule has 14 heavy (non-hydrogen) atoms. The summed E-state index contributed by atoms with van der Waals surface area (Å²) in [6.07, 6.45) is 1.20. The van der Waals surface area contributed by atoms with Crippen LogP contribution in [0, 0.1) is 6.92 Å². The van der Waals surface area contributed by atoms with Crippen LogP contribution in [0.3, 0.4) is 0 Å². The van der Waals surface area contributed by atoms with Crippen LogP contribution in [0.25, 0.3) is 0 Å². The van der Waals surface area contributed by atoms with E-state index in [0.29, 0.717) is 6.04 Å². The lowest BCUT2D eigenvalue weighted by Gasteiger charge is -2.32. The molecular weight excluding hydrogens is 194 g/mol.